The molecule has 2 heterocycles. The van der Waals surface area contributed by atoms with Gasteiger partial charge in [0.15, 0.2) is 5.13 Å². The van der Waals surface area contributed by atoms with E-state index in [0.29, 0.717) is 27.3 Å². The van der Waals surface area contributed by atoms with Gasteiger partial charge in [-0.3, -0.25) is 14.5 Å². The maximum absolute atomic E-state index is 12.7. The number of thiazole rings is 1. The summed E-state index contributed by atoms with van der Waals surface area (Å²) in [4.78, 5) is 31.6. The van der Waals surface area contributed by atoms with Gasteiger partial charge in [-0.05, 0) is 18.1 Å². The molecule has 1 N–H and O–H groups in total. The molecule has 1 aliphatic heterocycles. The van der Waals surface area contributed by atoms with E-state index < -0.39 is 0 Å². The number of aromatic nitrogens is 1. The maximum atomic E-state index is 12.7. The van der Waals surface area contributed by atoms with Crippen LogP contribution in [0.25, 0.3) is 17.3 Å². The lowest BCUT2D eigenvalue weighted by atomic mass is 10.2. The summed E-state index contributed by atoms with van der Waals surface area (Å²) < 4.78 is 0.521. The lowest BCUT2D eigenvalue weighted by Crippen LogP contribution is -2.29. The molecule has 0 bridgehead atoms. The van der Waals surface area contributed by atoms with Gasteiger partial charge in [-0.15, -0.1) is 11.3 Å². The van der Waals surface area contributed by atoms with Crippen molar-refractivity contribution >= 4 is 62.7 Å². The first-order valence-corrected chi connectivity index (χ1v) is 12.5. The molecule has 0 atom stereocenters. The second-order valence-corrected chi connectivity index (χ2v) is 9.72. The first kappa shape index (κ1) is 23.1. The molecule has 33 heavy (non-hydrogen) atoms. The molecular weight excluding hydrogens is 470 g/mol. The summed E-state index contributed by atoms with van der Waals surface area (Å²) in [5.74, 6) is -0.244. The minimum atomic E-state index is -0.129. The monoisotopic (exact) mass is 491 g/mol. The van der Waals surface area contributed by atoms with Gasteiger partial charge in [-0.2, -0.15) is 0 Å². The molecule has 1 fully saturated rings. The molecule has 0 unspecified atom stereocenters. The number of amides is 2. The number of thioether (sulfide) groups is 1. The Balaban J connectivity index is 1.25. The van der Waals surface area contributed by atoms with Crippen LogP contribution in [0.1, 0.15) is 18.4 Å². The number of thiocarbonyl (C=S) groups is 1. The van der Waals surface area contributed by atoms with Gasteiger partial charge in [0, 0.05) is 23.9 Å². The van der Waals surface area contributed by atoms with E-state index in [1.807, 2.05) is 78.2 Å². The maximum Gasteiger partial charge on any atom is 0.266 e. The lowest BCUT2D eigenvalue weighted by molar-refractivity contribution is -0.122. The fourth-order valence-corrected chi connectivity index (χ4v) is 5.17. The van der Waals surface area contributed by atoms with Crippen LogP contribution in [0.2, 0.25) is 0 Å². The highest BCUT2D eigenvalue weighted by atomic mass is 32.2. The SMILES string of the molecule is O=C(CCCN1C(=O)C(=CC=Cc2ccccc2)SC1=S)Nc1nc(-c2ccccc2)cs1. The van der Waals surface area contributed by atoms with Gasteiger partial charge in [-0.1, -0.05) is 96.8 Å². The van der Waals surface area contributed by atoms with Crippen LogP contribution in [0.15, 0.2) is 83.1 Å². The second-order valence-electron chi connectivity index (χ2n) is 7.18. The van der Waals surface area contributed by atoms with E-state index in [1.165, 1.54) is 23.1 Å². The van der Waals surface area contributed by atoms with Crippen LogP contribution >= 0.6 is 35.3 Å². The summed E-state index contributed by atoms with van der Waals surface area (Å²) in [5, 5.41) is 5.33. The van der Waals surface area contributed by atoms with Gasteiger partial charge in [0.2, 0.25) is 5.91 Å². The van der Waals surface area contributed by atoms with Crippen molar-refractivity contribution < 1.29 is 9.59 Å². The van der Waals surface area contributed by atoms with Crippen LogP contribution in [0.3, 0.4) is 0 Å². The van der Waals surface area contributed by atoms with E-state index in [-0.39, 0.29) is 18.2 Å². The molecule has 5 nitrogen and oxygen atoms in total. The third kappa shape index (κ3) is 6.25. The number of anilines is 1. The number of nitrogens with one attached hydrogen (secondary N) is 1. The zero-order valence-electron chi connectivity index (χ0n) is 17.6. The van der Waals surface area contributed by atoms with E-state index in [4.69, 9.17) is 12.2 Å². The van der Waals surface area contributed by atoms with Crippen molar-refractivity contribution in [1.82, 2.24) is 9.88 Å². The molecule has 2 aromatic carbocycles. The van der Waals surface area contributed by atoms with Crippen molar-refractivity contribution in [3.63, 3.8) is 0 Å². The predicted octanol–water partition coefficient (Wildman–Crippen LogP) is 5.99. The molecular formula is C25H21N3O2S3. The molecule has 1 aliphatic rings. The summed E-state index contributed by atoms with van der Waals surface area (Å²) in [6, 6.07) is 19.7. The Labute approximate surface area is 206 Å². The number of hydrogen-bond acceptors (Lipinski definition) is 6. The Bertz CT molecular complexity index is 1200. The average molecular weight is 492 g/mol. The normalized spacial score (nSPS) is 15.0. The molecule has 4 rings (SSSR count). The fraction of sp³-hybridized carbons (Fsp3) is 0.120. The van der Waals surface area contributed by atoms with E-state index in [9.17, 15) is 9.59 Å². The van der Waals surface area contributed by atoms with Crippen LogP contribution in [0, 0.1) is 0 Å². The lowest BCUT2D eigenvalue weighted by Gasteiger charge is -2.13. The first-order valence-electron chi connectivity index (χ1n) is 10.4. The molecule has 3 aromatic rings. The molecule has 2 amide bonds. The molecule has 1 saturated heterocycles. The molecule has 166 valence electrons. The van der Waals surface area contributed by atoms with Crippen molar-refractivity contribution in [3.05, 3.63) is 88.7 Å². The standard InChI is InChI=1S/C25H21N3O2S3/c29-22(27-24-26-20(17-32-24)19-12-5-2-6-13-19)15-8-16-28-23(30)21(33-25(28)31)14-7-11-18-9-3-1-4-10-18/h1-7,9-14,17H,8,15-16H2,(H,26,27,29). The molecule has 8 heteroatoms. The Hall–Kier alpha value is -3.07. The van der Waals surface area contributed by atoms with Crippen LogP contribution in [-0.2, 0) is 9.59 Å². The van der Waals surface area contributed by atoms with Gasteiger partial charge in [-0.25, -0.2) is 4.98 Å². The summed E-state index contributed by atoms with van der Waals surface area (Å²) in [6.45, 7) is 0.408. The van der Waals surface area contributed by atoms with Crippen molar-refractivity contribution in [2.75, 3.05) is 11.9 Å². The highest BCUT2D eigenvalue weighted by Crippen LogP contribution is 2.31. The molecule has 0 spiro atoms. The fourth-order valence-electron chi connectivity index (χ4n) is 3.17. The number of rotatable bonds is 8. The van der Waals surface area contributed by atoms with Crippen molar-refractivity contribution in [2.45, 2.75) is 12.8 Å². The van der Waals surface area contributed by atoms with E-state index in [1.54, 1.807) is 11.0 Å². The number of benzene rings is 2. The summed E-state index contributed by atoms with van der Waals surface area (Å²) in [7, 11) is 0. The number of allylic oxidation sites excluding steroid dienone is 2. The largest absolute Gasteiger partial charge is 0.302 e. The summed E-state index contributed by atoms with van der Waals surface area (Å²) in [5.41, 5.74) is 2.91. The minimum absolute atomic E-state index is 0.115. The predicted molar refractivity (Wildman–Crippen MR) is 141 cm³/mol. The molecule has 1 aromatic heterocycles. The quantitative estimate of drug-likeness (QED) is 0.310. The van der Waals surface area contributed by atoms with E-state index >= 15 is 0 Å². The molecule has 0 radical (unpaired) electrons. The smallest absolute Gasteiger partial charge is 0.266 e. The van der Waals surface area contributed by atoms with E-state index in [2.05, 4.69) is 10.3 Å². The van der Waals surface area contributed by atoms with Crippen molar-refractivity contribution in [2.24, 2.45) is 0 Å². The third-order valence-corrected chi connectivity index (χ3v) is 6.97. The zero-order chi connectivity index (χ0) is 23.0. The Morgan fingerprint density at radius 1 is 1.09 bits per heavy atom. The number of hydrogen-bond donors (Lipinski definition) is 1. The van der Waals surface area contributed by atoms with Crippen molar-refractivity contribution in [3.8, 4) is 11.3 Å². The van der Waals surface area contributed by atoms with Crippen LogP contribution in [0.4, 0.5) is 5.13 Å². The van der Waals surface area contributed by atoms with E-state index in [0.717, 1.165) is 16.8 Å². The summed E-state index contributed by atoms with van der Waals surface area (Å²) in [6.07, 6.45) is 6.38. The average Bonchev–Trinajstić information content (AvgIpc) is 3.40. The number of carbonyl (C=O) groups excluding carboxylic acids is 2. The minimum Gasteiger partial charge on any atom is -0.302 e. The van der Waals surface area contributed by atoms with Gasteiger partial charge in [0.05, 0.1) is 10.6 Å². The zero-order valence-corrected chi connectivity index (χ0v) is 20.1. The van der Waals surface area contributed by atoms with Crippen LogP contribution < -0.4 is 5.32 Å². The van der Waals surface area contributed by atoms with Gasteiger partial charge < -0.3 is 5.32 Å². The highest BCUT2D eigenvalue weighted by Gasteiger charge is 2.31. The van der Waals surface area contributed by atoms with Crippen molar-refractivity contribution in [1.29, 1.82) is 0 Å². The Kier molecular flexibility index (Phi) is 7.83. The highest BCUT2D eigenvalue weighted by molar-refractivity contribution is 8.26. The molecule has 0 saturated carbocycles. The number of carbonyl (C=O) groups is 2. The van der Waals surface area contributed by atoms with Gasteiger partial charge in [0.25, 0.3) is 5.91 Å². The number of nitrogens with zero attached hydrogens (tertiary/aromatic N) is 2. The van der Waals surface area contributed by atoms with Crippen LogP contribution in [-0.4, -0.2) is 32.6 Å². The Morgan fingerprint density at radius 2 is 1.82 bits per heavy atom. The van der Waals surface area contributed by atoms with Gasteiger partial charge >= 0.3 is 0 Å². The molecule has 0 aliphatic carbocycles. The van der Waals surface area contributed by atoms with Gasteiger partial charge in [0.1, 0.15) is 4.32 Å². The topological polar surface area (TPSA) is 62.3 Å². The third-order valence-electron chi connectivity index (χ3n) is 4.82. The van der Waals surface area contributed by atoms with Crippen LogP contribution in [0.5, 0.6) is 0 Å². The first-order chi connectivity index (χ1) is 16.1. The summed E-state index contributed by atoms with van der Waals surface area (Å²) >= 11 is 8.05. The Morgan fingerprint density at radius 3 is 2.58 bits per heavy atom. The second kappa shape index (κ2) is 11.2.